The van der Waals surface area contributed by atoms with Gasteiger partial charge in [-0.25, -0.2) is 4.68 Å². The van der Waals surface area contributed by atoms with E-state index < -0.39 is 0 Å². The first-order chi connectivity index (χ1) is 9.78. The van der Waals surface area contributed by atoms with Gasteiger partial charge in [-0.2, -0.15) is 5.10 Å². The molecule has 0 bridgehead atoms. The molecule has 4 heteroatoms. The predicted molar refractivity (Wildman–Crippen MR) is 81.2 cm³/mol. The number of hydrogen-bond acceptors (Lipinski definition) is 3. The highest BCUT2D eigenvalue weighted by Gasteiger charge is 2.34. The molecular weight excluding hydrogens is 248 g/mol. The van der Waals surface area contributed by atoms with Gasteiger partial charge < -0.3 is 10.2 Å². The number of hydrogen-bond donors (Lipinski definition) is 1. The molecule has 2 aromatic rings. The molecule has 0 spiro atoms. The van der Waals surface area contributed by atoms with Crippen LogP contribution in [0.1, 0.15) is 23.7 Å². The molecule has 1 aromatic heterocycles. The summed E-state index contributed by atoms with van der Waals surface area (Å²) in [6.07, 6.45) is 1.12. The summed E-state index contributed by atoms with van der Waals surface area (Å²) in [5, 5.41) is 8.26. The molecule has 2 aliphatic heterocycles. The molecule has 20 heavy (non-hydrogen) atoms. The molecule has 2 aliphatic rings. The van der Waals surface area contributed by atoms with Crippen LogP contribution < -0.4 is 10.2 Å². The third-order valence-electron chi connectivity index (χ3n) is 4.54. The van der Waals surface area contributed by atoms with Gasteiger partial charge in [0.2, 0.25) is 0 Å². The van der Waals surface area contributed by atoms with Gasteiger partial charge in [-0.3, -0.25) is 0 Å². The maximum Gasteiger partial charge on any atom is 0.151 e. The van der Waals surface area contributed by atoms with E-state index in [0.29, 0.717) is 6.04 Å². The van der Waals surface area contributed by atoms with Crippen LogP contribution in [0.2, 0.25) is 0 Å². The zero-order chi connectivity index (χ0) is 13.7. The van der Waals surface area contributed by atoms with Crippen LogP contribution in [-0.4, -0.2) is 22.4 Å². The Balaban J connectivity index is 1.81. The van der Waals surface area contributed by atoms with E-state index in [0.717, 1.165) is 31.7 Å². The average molecular weight is 268 g/mol. The summed E-state index contributed by atoms with van der Waals surface area (Å²) >= 11 is 0. The van der Waals surface area contributed by atoms with E-state index in [2.05, 4.69) is 58.1 Å². The number of rotatable bonds is 1. The van der Waals surface area contributed by atoms with Crippen molar-refractivity contribution in [2.75, 3.05) is 16.8 Å². The lowest BCUT2D eigenvalue weighted by Crippen LogP contribution is -2.48. The van der Waals surface area contributed by atoms with Crippen molar-refractivity contribution in [2.24, 2.45) is 0 Å². The van der Waals surface area contributed by atoms with Gasteiger partial charge in [-0.05, 0) is 31.4 Å². The third-order valence-corrected chi connectivity index (χ3v) is 4.54. The number of anilines is 2. The molecule has 104 valence electrons. The van der Waals surface area contributed by atoms with Crippen molar-refractivity contribution in [3.05, 3.63) is 41.1 Å². The fraction of sp³-hybridized carbons (Fsp3) is 0.438. The van der Waals surface area contributed by atoms with Crippen LogP contribution in [0.25, 0.3) is 0 Å². The first kappa shape index (κ1) is 11.8. The summed E-state index contributed by atoms with van der Waals surface area (Å²) in [7, 11) is 0. The van der Waals surface area contributed by atoms with E-state index in [1.54, 1.807) is 0 Å². The lowest BCUT2D eigenvalue weighted by atomic mass is 9.92. The van der Waals surface area contributed by atoms with Gasteiger partial charge in [0.1, 0.15) is 5.69 Å². The molecular formula is C16H20N4. The predicted octanol–water partition coefficient (Wildman–Crippen LogP) is 2.57. The van der Waals surface area contributed by atoms with Gasteiger partial charge in [0, 0.05) is 19.6 Å². The van der Waals surface area contributed by atoms with Crippen LogP contribution in [0.15, 0.2) is 24.3 Å². The highest BCUT2D eigenvalue weighted by Crippen LogP contribution is 2.38. The average Bonchev–Trinajstić information content (AvgIpc) is 2.82. The number of benzene rings is 1. The fourth-order valence-corrected chi connectivity index (χ4v) is 3.53. The number of nitrogens with zero attached hydrogens (tertiary/aromatic N) is 3. The molecule has 4 rings (SSSR count). The van der Waals surface area contributed by atoms with Gasteiger partial charge in [0.05, 0.1) is 11.7 Å². The molecule has 1 atom stereocenters. The minimum absolute atomic E-state index is 0.541. The van der Waals surface area contributed by atoms with Gasteiger partial charge in [-0.1, -0.05) is 24.3 Å². The Labute approximate surface area is 119 Å². The van der Waals surface area contributed by atoms with Crippen LogP contribution >= 0.6 is 0 Å². The third kappa shape index (κ3) is 1.57. The van der Waals surface area contributed by atoms with Crippen molar-refractivity contribution in [1.82, 2.24) is 9.78 Å². The molecule has 1 aromatic carbocycles. The van der Waals surface area contributed by atoms with Gasteiger partial charge in [-0.15, -0.1) is 0 Å². The van der Waals surface area contributed by atoms with Crippen molar-refractivity contribution in [2.45, 2.75) is 39.4 Å². The van der Waals surface area contributed by atoms with E-state index in [9.17, 15) is 0 Å². The van der Waals surface area contributed by atoms with Gasteiger partial charge in [0.25, 0.3) is 0 Å². The maximum absolute atomic E-state index is 4.67. The molecule has 0 amide bonds. The maximum atomic E-state index is 4.67. The van der Waals surface area contributed by atoms with Crippen molar-refractivity contribution >= 4 is 11.5 Å². The zero-order valence-electron chi connectivity index (χ0n) is 12.1. The molecule has 1 N–H and O–H groups in total. The molecule has 0 saturated carbocycles. The molecule has 3 heterocycles. The summed E-state index contributed by atoms with van der Waals surface area (Å²) in [4.78, 5) is 2.54. The molecule has 0 saturated heterocycles. The standard InChI is InChI=1S/C16H20N4/c1-3-20-16-15(11(2)18-20)17-9-14-8-12-6-4-5-7-13(12)10-19(14)16/h4-7,14,17H,3,8-10H2,1-2H3. The van der Waals surface area contributed by atoms with E-state index in [1.165, 1.54) is 22.6 Å². The second-order valence-electron chi connectivity index (χ2n) is 5.74. The normalized spacial score (nSPS) is 19.9. The van der Waals surface area contributed by atoms with Crippen LogP contribution in [0, 0.1) is 6.92 Å². The van der Waals surface area contributed by atoms with Gasteiger partial charge >= 0.3 is 0 Å². The van der Waals surface area contributed by atoms with Crippen molar-refractivity contribution in [3.63, 3.8) is 0 Å². The molecule has 0 radical (unpaired) electrons. The fourth-order valence-electron chi connectivity index (χ4n) is 3.53. The number of aromatic nitrogens is 2. The largest absolute Gasteiger partial charge is 0.378 e. The molecule has 4 nitrogen and oxygen atoms in total. The Kier molecular flexibility index (Phi) is 2.52. The van der Waals surface area contributed by atoms with Gasteiger partial charge in [0.15, 0.2) is 5.82 Å². The Bertz CT molecular complexity index is 658. The summed E-state index contributed by atoms with van der Waals surface area (Å²) in [6, 6.07) is 9.36. The quantitative estimate of drug-likeness (QED) is 0.863. The molecule has 1 unspecified atom stereocenters. The zero-order valence-corrected chi connectivity index (χ0v) is 12.1. The number of nitrogens with one attached hydrogen (secondary N) is 1. The van der Waals surface area contributed by atoms with Crippen LogP contribution in [0.4, 0.5) is 11.5 Å². The number of aryl methyl sites for hydroxylation is 2. The lowest BCUT2D eigenvalue weighted by molar-refractivity contribution is 0.530. The smallest absolute Gasteiger partial charge is 0.151 e. The Morgan fingerprint density at radius 2 is 2.10 bits per heavy atom. The molecule has 0 aliphatic carbocycles. The van der Waals surface area contributed by atoms with Crippen LogP contribution in [0.3, 0.4) is 0 Å². The van der Waals surface area contributed by atoms with E-state index in [-0.39, 0.29) is 0 Å². The minimum atomic E-state index is 0.541. The van der Waals surface area contributed by atoms with E-state index in [1.807, 2.05) is 0 Å². The SMILES string of the molecule is CCn1nc(C)c2c1N1Cc3ccccc3CC1CN2. The monoisotopic (exact) mass is 268 g/mol. The van der Waals surface area contributed by atoms with Crippen molar-refractivity contribution < 1.29 is 0 Å². The van der Waals surface area contributed by atoms with Crippen molar-refractivity contribution in [3.8, 4) is 0 Å². The lowest BCUT2D eigenvalue weighted by Gasteiger charge is -2.42. The minimum Gasteiger partial charge on any atom is -0.378 e. The summed E-state index contributed by atoms with van der Waals surface area (Å²) in [5.41, 5.74) is 5.29. The highest BCUT2D eigenvalue weighted by molar-refractivity contribution is 5.72. The molecule has 0 fully saturated rings. The Hall–Kier alpha value is -1.97. The second-order valence-corrected chi connectivity index (χ2v) is 5.74. The number of fused-ring (bicyclic) bond motifs is 4. The first-order valence-electron chi connectivity index (χ1n) is 7.42. The first-order valence-corrected chi connectivity index (χ1v) is 7.42. The van der Waals surface area contributed by atoms with E-state index in [4.69, 9.17) is 0 Å². The highest BCUT2D eigenvalue weighted by atomic mass is 15.4. The van der Waals surface area contributed by atoms with Crippen LogP contribution in [0.5, 0.6) is 0 Å². The topological polar surface area (TPSA) is 33.1 Å². The van der Waals surface area contributed by atoms with E-state index >= 15 is 0 Å². The summed E-state index contributed by atoms with van der Waals surface area (Å²) < 4.78 is 2.14. The summed E-state index contributed by atoms with van der Waals surface area (Å²) in [6.45, 7) is 7.19. The Morgan fingerprint density at radius 3 is 2.90 bits per heavy atom. The Morgan fingerprint density at radius 1 is 1.30 bits per heavy atom. The second kappa shape index (κ2) is 4.27. The van der Waals surface area contributed by atoms with Crippen molar-refractivity contribution in [1.29, 1.82) is 0 Å². The summed E-state index contributed by atoms with van der Waals surface area (Å²) in [5.74, 6) is 1.27. The van der Waals surface area contributed by atoms with Crippen LogP contribution in [-0.2, 0) is 19.5 Å².